The molecule has 0 unspecified atom stereocenters. The highest BCUT2D eigenvalue weighted by atomic mass is 15.1. The molecule has 2 aromatic heterocycles. The van der Waals surface area contributed by atoms with E-state index in [1.54, 1.807) is 18.7 Å². The first-order chi connectivity index (χ1) is 7.72. The lowest BCUT2D eigenvalue weighted by Crippen LogP contribution is -2.08. The fourth-order valence-corrected chi connectivity index (χ4v) is 1.47. The normalized spacial score (nSPS) is 10.7. The zero-order valence-corrected chi connectivity index (χ0v) is 9.73. The van der Waals surface area contributed by atoms with Crippen molar-refractivity contribution in [1.82, 2.24) is 24.8 Å². The predicted molar refractivity (Wildman–Crippen MR) is 61.4 cm³/mol. The number of rotatable bonds is 3. The Morgan fingerprint density at radius 2 is 2.00 bits per heavy atom. The molecule has 0 radical (unpaired) electrons. The minimum absolute atomic E-state index is 0.731. The summed E-state index contributed by atoms with van der Waals surface area (Å²) in [6.07, 6.45) is 5.31. The molecule has 16 heavy (non-hydrogen) atoms. The number of nitrogens with one attached hydrogen (secondary N) is 1. The molecule has 5 heteroatoms. The van der Waals surface area contributed by atoms with Gasteiger partial charge in [0.1, 0.15) is 6.33 Å². The summed E-state index contributed by atoms with van der Waals surface area (Å²) < 4.78 is 1.94. The molecule has 5 nitrogen and oxygen atoms in total. The first-order valence-electron chi connectivity index (χ1n) is 5.19. The van der Waals surface area contributed by atoms with Crippen LogP contribution in [0.25, 0.3) is 5.82 Å². The first-order valence-corrected chi connectivity index (χ1v) is 5.19. The van der Waals surface area contributed by atoms with E-state index in [1.807, 2.05) is 25.5 Å². The lowest BCUT2D eigenvalue weighted by Gasteiger charge is -2.04. The average molecular weight is 217 g/mol. The second kappa shape index (κ2) is 4.40. The number of nitrogens with zero attached hydrogens (tertiary/aromatic N) is 4. The Morgan fingerprint density at radius 1 is 1.19 bits per heavy atom. The standard InChI is InChI=1S/C11H15N5/c1-8-9(2)16(7-15-8)11-6-13-10(4-12-3)5-14-11/h5-7,12H,4H2,1-3H3. The molecule has 0 bridgehead atoms. The molecular formula is C11H15N5. The topological polar surface area (TPSA) is 55.6 Å². The molecule has 0 amide bonds. The van der Waals surface area contributed by atoms with Crippen molar-refractivity contribution in [2.45, 2.75) is 20.4 Å². The zero-order chi connectivity index (χ0) is 11.5. The van der Waals surface area contributed by atoms with Gasteiger partial charge in [-0.1, -0.05) is 0 Å². The summed E-state index contributed by atoms with van der Waals surface area (Å²) in [5, 5.41) is 3.04. The van der Waals surface area contributed by atoms with Gasteiger partial charge in [-0.05, 0) is 20.9 Å². The van der Waals surface area contributed by atoms with E-state index in [9.17, 15) is 0 Å². The number of hydrogen-bond acceptors (Lipinski definition) is 4. The highest BCUT2D eigenvalue weighted by Crippen LogP contribution is 2.10. The van der Waals surface area contributed by atoms with Crippen molar-refractivity contribution in [3.63, 3.8) is 0 Å². The molecule has 0 aliphatic carbocycles. The van der Waals surface area contributed by atoms with Crippen molar-refractivity contribution < 1.29 is 0 Å². The third kappa shape index (κ3) is 1.94. The minimum atomic E-state index is 0.731. The highest BCUT2D eigenvalue weighted by molar-refractivity contribution is 5.25. The largest absolute Gasteiger partial charge is 0.314 e. The van der Waals surface area contributed by atoms with Gasteiger partial charge >= 0.3 is 0 Å². The highest BCUT2D eigenvalue weighted by Gasteiger charge is 2.05. The molecule has 0 fully saturated rings. The summed E-state index contributed by atoms with van der Waals surface area (Å²) in [5.41, 5.74) is 3.04. The van der Waals surface area contributed by atoms with E-state index in [4.69, 9.17) is 0 Å². The molecule has 0 aromatic carbocycles. The Balaban J connectivity index is 2.31. The molecule has 0 spiro atoms. The Hall–Kier alpha value is -1.75. The van der Waals surface area contributed by atoms with E-state index in [1.165, 1.54) is 0 Å². The van der Waals surface area contributed by atoms with E-state index >= 15 is 0 Å². The van der Waals surface area contributed by atoms with Crippen LogP contribution in [0.3, 0.4) is 0 Å². The van der Waals surface area contributed by atoms with Crippen LogP contribution >= 0.6 is 0 Å². The Morgan fingerprint density at radius 3 is 2.50 bits per heavy atom. The maximum Gasteiger partial charge on any atom is 0.156 e. The summed E-state index contributed by atoms with van der Waals surface area (Å²) in [5.74, 6) is 0.804. The van der Waals surface area contributed by atoms with Crippen molar-refractivity contribution in [3.05, 3.63) is 35.8 Å². The molecule has 0 aliphatic rings. The number of aryl methyl sites for hydroxylation is 1. The van der Waals surface area contributed by atoms with Crippen molar-refractivity contribution in [2.24, 2.45) is 0 Å². The number of imidazole rings is 1. The summed E-state index contributed by atoms with van der Waals surface area (Å²) in [6.45, 7) is 4.73. The van der Waals surface area contributed by atoms with E-state index in [0.717, 1.165) is 29.4 Å². The summed E-state index contributed by atoms with van der Waals surface area (Å²) in [6, 6.07) is 0. The smallest absolute Gasteiger partial charge is 0.156 e. The van der Waals surface area contributed by atoms with E-state index in [2.05, 4.69) is 20.3 Å². The number of hydrogen-bond donors (Lipinski definition) is 1. The van der Waals surface area contributed by atoms with Gasteiger partial charge in [-0.2, -0.15) is 0 Å². The van der Waals surface area contributed by atoms with Crippen molar-refractivity contribution in [2.75, 3.05) is 7.05 Å². The van der Waals surface area contributed by atoms with Gasteiger partial charge in [-0.15, -0.1) is 0 Å². The van der Waals surface area contributed by atoms with Crippen LogP contribution in [0.15, 0.2) is 18.7 Å². The van der Waals surface area contributed by atoms with Gasteiger partial charge in [0.2, 0.25) is 0 Å². The van der Waals surface area contributed by atoms with Crippen LogP contribution in [0.4, 0.5) is 0 Å². The average Bonchev–Trinajstić information content (AvgIpc) is 2.62. The zero-order valence-electron chi connectivity index (χ0n) is 9.73. The molecule has 0 saturated carbocycles. The number of aromatic nitrogens is 4. The first kappa shape index (κ1) is 10.8. The Labute approximate surface area is 94.6 Å². The molecule has 0 atom stereocenters. The lowest BCUT2D eigenvalue weighted by molar-refractivity contribution is 0.778. The third-order valence-corrected chi connectivity index (χ3v) is 2.55. The monoisotopic (exact) mass is 217 g/mol. The maximum absolute atomic E-state index is 4.36. The van der Waals surface area contributed by atoms with Gasteiger partial charge in [0, 0.05) is 12.2 Å². The fraction of sp³-hybridized carbons (Fsp3) is 0.364. The fourth-order valence-electron chi connectivity index (χ4n) is 1.47. The molecule has 2 heterocycles. The van der Waals surface area contributed by atoms with E-state index in [-0.39, 0.29) is 0 Å². The second-order valence-corrected chi connectivity index (χ2v) is 3.68. The summed E-state index contributed by atoms with van der Waals surface area (Å²) in [7, 11) is 1.89. The molecular weight excluding hydrogens is 202 g/mol. The van der Waals surface area contributed by atoms with Crippen LogP contribution < -0.4 is 5.32 Å². The van der Waals surface area contributed by atoms with Gasteiger partial charge in [-0.3, -0.25) is 9.55 Å². The lowest BCUT2D eigenvalue weighted by atomic mass is 10.4. The van der Waals surface area contributed by atoms with Gasteiger partial charge in [0.25, 0.3) is 0 Å². The second-order valence-electron chi connectivity index (χ2n) is 3.68. The van der Waals surface area contributed by atoms with E-state index in [0.29, 0.717) is 0 Å². The minimum Gasteiger partial charge on any atom is -0.314 e. The van der Waals surface area contributed by atoms with Crippen LogP contribution in [0.5, 0.6) is 0 Å². The predicted octanol–water partition coefficient (Wildman–Crippen LogP) is 0.999. The van der Waals surface area contributed by atoms with Crippen LogP contribution in [-0.2, 0) is 6.54 Å². The van der Waals surface area contributed by atoms with Crippen molar-refractivity contribution >= 4 is 0 Å². The van der Waals surface area contributed by atoms with Gasteiger partial charge in [-0.25, -0.2) is 9.97 Å². The van der Waals surface area contributed by atoms with Crippen molar-refractivity contribution in [3.8, 4) is 5.82 Å². The quantitative estimate of drug-likeness (QED) is 0.833. The van der Waals surface area contributed by atoms with E-state index < -0.39 is 0 Å². The van der Waals surface area contributed by atoms with Crippen LogP contribution in [0.2, 0.25) is 0 Å². The molecule has 84 valence electrons. The van der Waals surface area contributed by atoms with Crippen LogP contribution in [0, 0.1) is 13.8 Å². The Bertz CT molecular complexity index is 472. The molecule has 2 aromatic rings. The molecule has 0 aliphatic heterocycles. The summed E-state index contributed by atoms with van der Waals surface area (Å²) in [4.78, 5) is 12.9. The summed E-state index contributed by atoms with van der Waals surface area (Å²) >= 11 is 0. The molecule has 0 saturated heterocycles. The van der Waals surface area contributed by atoms with Crippen LogP contribution in [-0.4, -0.2) is 26.6 Å². The van der Waals surface area contributed by atoms with Gasteiger partial charge < -0.3 is 5.32 Å². The molecule has 1 N–H and O–H groups in total. The molecule has 2 rings (SSSR count). The Kier molecular flexibility index (Phi) is 2.96. The maximum atomic E-state index is 4.36. The van der Waals surface area contributed by atoms with Crippen LogP contribution in [0.1, 0.15) is 17.1 Å². The van der Waals surface area contributed by atoms with Crippen molar-refractivity contribution in [1.29, 1.82) is 0 Å². The SMILES string of the molecule is CNCc1cnc(-n2cnc(C)c2C)cn1. The van der Waals surface area contributed by atoms with Gasteiger partial charge in [0.15, 0.2) is 5.82 Å². The third-order valence-electron chi connectivity index (χ3n) is 2.55. The van der Waals surface area contributed by atoms with Gasteiger partial charge in [0.05, 0.1) is 23.8 Å².